The average molecular weight is 884 g/mol. The van der Waals surface area contributed by atoms with E-state index < -0.39 is 55.6 Å². The third-order valence-corrected chi connectivity index (χ3v) is 12.8. The Hall–Kier alpha value is -5.53. The Morgan fingerprint density at radius 1 is 1.02 bits per heavy atom. The van der Waals surface area contributed by atoms with Crippen molar-refractivity contribution in [3.8, 4) is 17.6 Å². The molecule has 1 unspecified atom stereocenters. The number of nitriles is 1. The molecule has 1 aliphatic rings. The number of H-pyrrole nitrogens is 1. The summed E-state index contributed by atoms with van der Waals surface area (Å²) < 4.78 is 60.1. The molecule has 1 aliphatic heterocycles. The molecule has 334 valence electrons. The largest absolute Gasteiger partial charge is 0.497 e. The molecule has 3 heterocycles. The van der Waals surface area contributed by atoms with Gasteiger partial charge < -0.3 is 28.0 Å². The number of alkyl halides is 1. The second-order valence-electron chi connectivity index (χ2n) is 15.8. The van der Waals surface area contributed by atoms with Crippen LogP contribution in [0.25, 0.3) is 11.2 Å². The number of halogens is 1. The number of amides is 1. The third kappa shape index (κ3) is 9.69. The smallest absolute Gasteiger partial charge is 0.280 e. The first-order valence-corrected chi connectivity index (χ1v) is 21.8. The van der Waals surface area contributed by atoms with Gasteiger partial charge >= 0.3 is 0 Å². The molecule has 0 spiro atoms. The van der Waals surface area contributed by atoms with Gasteiger partial charge in [-0.1, -0.05) is 75.0 Å². The molecule has 0 aliphatic carbocycles. The molecule has 63 heavy (non-hydrogen) atoms. The van der Waals surface area contributed by atoms with E-state index >= 15 is 4.39 Å². The van der Waals surface area contributed by atoms with Gasteiger partial charge in [-0.15, -0.1) is 0 Å². The number of imidazole rings is 1. The number of aromatic amines is 1. The lowest BCUT2D eigenvalue weighted by Crippen LogP contribution is -2.46. The number of hydrogen-bond donors (Lipinski definition) is 2. The zero-order valence-electron chi connectivity index (χ0n) is 36.8. The van der Waals surface area contributed by atoms with Crippen LogP contribution in [0.2, 0.25) is 0 Å². The molecule has 3 aromatic carbocycles. The van der Waals surface area contributed by atoms with Crippen molar-refractivity contribution in [3.63, 3.8) is 0 Å². The zero-order valence-corrected chi connectivity index (χ0v) is 37.7. The van der Waals surface area contributed by atoms with Gasteiger partial charge in [-0.3, -0.25) is 24.5 Å². The summed E-state index contributed by atoms with van der Waals surface area (Å²) in [5.41, 5.74) is -2.48. The van der Waals surface area contributed by atoms with Gasteiger partial charge in [-0.2, -0.15) is 10.2 Å². The molecule has 0 radical (unpaired) electrons. The molecular formula is C46H55FN7O8P. The molecular weight excluding hydrogens is 829 g/mol. The standard InChI is InChI=1S/C46H55FN7O8P/c1-10-45(47)39(62-63(60-26-14-25-48)54(30(4)5)31(6)7)37(61-43(45)53-28-49-38-40(53)50-44(52-42(38)56)51-41(55)29(2)3)27-59-46(32-15-12-11-13-16-32,33-17-21-35(57-8)22-18-33)34-19-23-36(58-9)24-20-34/h10-13,15-24,28-31,37,39,43H,1,14,26-27H2,2-9H3,(H2,50,51,52,55,56)/t37-,39-,43-,45-,63?/m1/s1. The van der Waals surface area contributed by atoms with Crippen molar-refractivity contribution < 1.29 is 37.2 Å². The maximum atomic E-state index is 18.6. The van der Waals surface area contributed by atoms with Gasteiger partial charge in [-0.05, 0) is 74.7 Å². The normalized spacial score (nSPS) is 19.5. The summed E-state index contributed by atoms with van der Waals surface area (Å²) in [7, 11) is 1.13. The summed E-state index contributed by atoms with van der Waals surface area (Å²) in [6.07, 6.45) is -1.79. The van der Waals surface area contributed by atoms with Crippen LogP contribution in [0.15, 0.2) is 103 Å². The number of fused-ring (bicyclic) bond motifs is 1. The lowest BCUT2D eigenvalue weighted by molar-refractivity contribution is -0.118. The van der Waals surface area contributed by atoms with Crippen molar-refractivity contribution in [3.05, 3.63) is 125 Å². The van der Waals surface area contributed by atoms with Gasteiger partial charge in [0.1, 0.15) is 29.3 Å². The SMILES string of the molecule is C=C[C@@]1(F)[C@H](OP(OCCC#N)N(C(C)C)C(C)C)[C@@H](COC(c2ccccc2)(c2ccc(OC)cc2)c2ccc(OC)cc2)O[C@H]1n1cnc2c(=O)[nH]c(NC(=O)C(C)C)nc21. The molecule has 5 atom stereocenters. The van der Waals surface area contributed by atoms with E-state index in [1.165, 1.54) is 10.9 Å². The Labute approximate surface area is 368 Å². The number of anilines is 1. The number of carbonyl (C=O) groups is 1. The van der Waals surface area contributed by atoms with Crippen LogP contribution in [-0.2, 0) is 28.9 Å². The predicted octanol–water partition coefficient (Wildman–Crippen LogP) is 8.19. The summed E-state index contributed by atoms with van der Waals surface area (Å²) >= 11 is 0. The lowest BCUT2D eigenvalue weighted by Gasteiger charge is -2.40. The molecule has 0 bridgehead atoms. The van der Waals surface area contributed by atoms with E-state index in [4.69, 9.17) is 28.0 Å². The highest BCUT2D eigenvalue weighted by Gasteiger charge is 2.60. The fourth-order valence-electron chi connectivity index (χ4n) is 7.63. The van der Waals surface area contributed by atoms with E-state index in [0.717, 1.165) is 22.8 Å². The Balaban J connectivity index is 1.53. The van der Waals surface area contributed by atoms with Crippen LogP contribution < -0.4 is 20.3 Å². The van der Waals surface area contributed by atoms with Crippen LogP contribution in [0, 0.1) is 17.2 Å². The highest BCUT2D eigenvalue weighted by atomic mass is 31.2. The first kappa shape index (κ1) is 47.0. The molecule has 17 heteroatoms. The molecule has 1 amide bonds. The number of benzene rings is 3. The van der Waals surface area contributed by atoms with Gasteiger partial charge in [0.05, 0.1) is 46.3 Å². The van der Waals surface area contributed by atoms with E-state index in [1.807, 2.05) is 111 Å². The summed E-state index contributed by atoms with van der Waals surface area (Å²) in [6.45, 7) is 15.0. The van der Waals surface area contributed by atoms with Crippen LogP contribution in [-0.4, -0.2) is 87.5 Å². The summed E-state index contributed by atoms with van der Waals surface area (Å²) in [5, 5.41) is 12.1. The maximum Gasteiger partial charge on any atom is 0.280 e. The minimum atomic E-state index is -2.55. The van der Waals surface area contributed by atoms with E-state index in [-0.39, 0.29) is 48.8 Å². The second-order valence-corrected chi connectivity index (χ2v) is 17.2. The molecule has 15 nitrogen and oxygen atoms in total. The van der Waals surface area contributed by atoms with Crippen molar-refractivity contribution in [1.29, 1.82) is 5.26 Å². The van der Waals surface area contributed by atoms with E-state index in [0.29, 0.717) is 11.5 Å². The molecule has 0 saturated carbocycles. The molecule has 2 aromatic heterocycles. The van der Waals surface area contributed by atoms with Crippen LogP contribution >= 0.6 is 8.53 Å². The van der Waals surface area contributed by atoms with Crippen molar-refractivity contribution in [2.24, 2.45) is 5.92 Å². The number of hydrogen-bond acceptors (Lipinski definition) is 12. The maximum absolute atomic E-state index is 18.6. The molecule has 2 N–H and O–H groups in total. The van der Waals surface area contributed by atoms with Crippen molar-refractivity contribution in [2.45, 2.75) is 89.8 Å². The van der Waals surface area contributed by atoms with E-state index in [1.54, 1.807) is 28.1 Å². The summed E-state index contributed by atoms with van der Waals surface area (Å²) in [4.78, 5) is 37.4. The van der Waals surface area contributed by atoms with Gasteiger partial charge in [0.2, 0.25) is 17.5 Å². The van der Waals surface area contributed by atoms with Gasteiger partial charge in [0.15, 0.2) is 17.4 Å². The Morgan fingerprint density at radius 3 is 2.13 bits per heavy atom. The average Bonchev–Trinajstić information content (AvgIpc) is 3.82. The minimum absolute atomic E-state index is 0.0273. The summed E-state index contributed by atoms with van der Waals surface area (Å²) in [5.74, 6) is 0.309. The third-order valence-electron chi connectivity index (χ3n) is 10.7. The van der Waals surface area contributed by atoms with E-state index in [2.05, 4.69) is 32.9 Å². The topological polar surface area (TPSA) is 175 Å². The monoisotopic (exact) mass is 883 g/mol. The van der Waals surface area contributed by atoms with E-state index in [9.17, 15) is 14.9 Å². The quantitative estimate of drug-likeness (QED) is 0.0332. The Bertz CT molecular complexity index is 2370. The Kier molecular flexibility index (Phi) is 15.1. The van der Waals surface area contributed by atoms with Gasteiger partial charge in [0, 0.05) is 18.0 Å². The molecule has 1 saturated heterocycles. The highest BCUT2D eigenvalue weighted by Crippen LogP contribution is 2.55. The second kappa shape index (κ2) is 20.3. The number of carbonyl (C=O) groups excluding carboxylic acids is 1. The number of ether oxygens (including phenoxy) is 4. The lowest BCUT2D eigenvalue weighted by atomic mass is 9.80. The van der Waals surface area contributed by atoms with Crippen molar-refractivity contribution >= 4 is 31.5 Å². The zero-order chi connectivity index (χ0) is 45.5. The van der Waals surface area contributed by atoms with Crippen molar-refractivity contribution in [2.75, 3.05) is 32.8 Å². The van der Waals surface area contributed by atoms with Crippen molar-refractivity contribution in [1.82, 2.24) is 24.2 Å². The number of rotatable bonds is 20. The van der Waals surface area contributed by atoms with Crippen LogP contribution in [0.5, 0.6) is 11.5 Å². The number of methoxy groups -OCH3 is 2. The van der Waals surface area contributed by atoms with Crippen LogP contribution in [0.1, 0.15) is 70.9 Å². The van der Waals surface area contributed by atoms with Crippen LogP contribution in [0.4, 0.5) is 10.3 Å². The Morgan fingerprint density at radius 2 is 1.60 bits per heavy atom. The first-order valence-electron chi connectivity index (χ1n) is 20.7. The molecule has 1 fully saturated rings. The summed E-state index contributed by atoms with van der Waals surface area (Å²) in [6, 6.07) is 26.5. The molecule has 5 aromatic rings. The number of aromatic nitrogens is 4. The number of nitrogens with zero attached hydrogens (tertiary/aromatic N) is 5. The van der Waals surface area contributed by atoms with Gasteiger partial charge in [-0.25, -0.2) is 14.0 Å². The first-order chi connectivity index (χ1) is 30.2. The minimum Gasteiger partial charge on any atom is -0.497 e. The van der Waals surface area contributed by atoms with Crippen LogP contribution in [0.3, 0.4) is 0 Å². The number of nitrogens with one attached hydrogen (secondary N) is 2. The predicted molar refractivity (Wildman–Crippen MR) is 238 cm³/mol. The van der Waals surface area contributed by atoms with Gasteiger partial charge in [0.25, 0.3) is 14.1 Å². The fraction of sp³-hybridized carbons (Fsp3) is 0.413. The highest BCUT2D eigenvalue weighted by molar-refractivity contribution is 7.44. The molecule has 6 rings (SSSR count). The fourth-order valence-corrected chi connectivity index (χ4v) is 9.42.